The number of allylic oxidation sites excluding steroid dienone is 4. The second kappa shape index (κ2) is 10.5. The largest absolute Gasteiger partial charge is 0.265 e. The molecule has 39 heavy (non-hydrogen) atoms. The molecule has 0 radical (unpaired) electrons. The van der Waals surface area contributed by atoms with E-state index in [0.717, 1.165) is 17.0 Å². The van der Waals surface area contributed by atoms with E-state index in [0.29, 0.717) is 11.6 Å². The van der Waals surface area contributed by atoms with Gasteiger partial charge in [-0.1, -0.05) is 128 Å². The summed E-state index contributed by atoms with van der Waals surface area (Å²) in [5.74, 6) is 1.36. The molecule has 6 rings (SSSR count). The van der Waals surface area contributed by atoms with Gasteiger partial charge >= 0.3 is 0 Å². The first-order chi connectivity index (χ1) is 19.1. The zero-order valence-electron chi connectivity index (χ0n) is 22.9. The predicted molar refractivity (Wildman–Crippen MR) is 168 cm³/mol. The molecular weight excluding hydrogens is 470 g/mol. The highest BCUT2D eigenvalue weighted by Gasteiger charge is 2.31. The van der Waals surface area contributed by atoms with Crippen LogP contribution in [0.2, 0.25) is 0 Å². The summed E-state index contributed by atoms with van der Waals surface area (Å²) in [5, 5.41) is 0. The van der Waals surface area contributed by atoms with Crippen LogP contribution in [0.25, 0.3) is 33.5 Å². The van der Waals surface area contributed by atoms with Crippen LogP contribution in [0.15, 0.2) is 121 Å². The molecule has 1 heteroatoms. The van der Waals surface area contributed by atoms with Crippen molar-refractivity contribution in [3.05, 3.63) is 144 Å². The van der Waals surface area contributed by atoms with Gasteiger partial charge in [-0.15, -0.1) is 0 Å². The van der Waals surface area contributed by atoms with Crippen LogP contribution in [0.3, 0.4) is 0 Å². The van der Waals surface area contributed by atoms with Gasteiger partial charge in [-0.2, -0.15) is 0 Å². The second-order valence-corrected chi connectivity index (χ2v) is 11.0. The van der Waals surface area contributed by atoms with Crippen molar-refractivity contribution in [3.63, 3.8) is 0 Å². The lowest BCUT2D eigenvalue weighted by Gasteiger charge is -2.30. The highest BCUT2D eigenvalue weighted by atomic mass is 14.7. The van der Waals surface area contributed by atoms with Gasteiger partial charge in [0.05, 0.1) is 5.70 Å². The molecule has 1 fully saturated rings. The van der Waals surface area contributed by atoms with Crippen molar-refractivity contribution in [2.75, 3.05) is 0 Å². The van der Waals surface area contributed by atoms with Gasteiger partial charge in [-0.3, -0.25) is 4.99 Å². The number of rotatable bonds is 7. The Hall–Kier alpha value is -4.23. The minimum absolute atomic E-state index is 0.280. The van der Waals surface area contributed by atoms with Gasteiger partial charge in [0.25, 0.3) is 0 Å². The molecule has 0 heterocycles. The van der Waals surface area contributed by atoms with Gasteiger partial charge in [0.15, 0.2) is 0 Å². The standard InChI is InChI=1S/C38H35N/c1-25-20-23-32(28-21-22-28)38(24-25)30-19-11-18-29(26(30)2)33-13-7-8-15-35(33)37-17-10-9-16-36(37)34-14-6-5-12-31(34)27(3)39-4/h5-20,23-24,26,28-29H,3-4,21-22H2,1-2H3. The molecule has 4 aromatic carbocycles. The normalized spacial score (nSPS) is 18.5. The molecule has 2 unspecified atom stereocenters. The Bertz CT molecular complexity index is 1630. The van der Waals surface area contributed by atoms with E-state index in [4.69, 9.17) is 0 Å². The number of aryl methyl sites for hydroxylation is 1. The lowest BCUT2D eigenvalue weighted by atomic mass is 9.73. The Kier molecular flexibility index (Phi) is 6.75. The van der Waals surface area contributed by atoms with E-state index in [9.17, 15) is 0 Å². The van der Waals surface area contributed by atoms with Crippen LogP contribution in [0.1, 0.15) is 59.4 Å². The van der Waals surface area contributed by atoms with Gasteiger partial charge in [-0.05, 0) is 82.8 Å². The first-order valence-corrected chi connectivity index (χ1v) is 14.0. The molecule has 0 aliphatic heterocycles. The van der Waals surface area contributed by atoms with E-state index in [-0.39, 0.29) is 5.92 Å². The first-order valence-electron chi connectivity index (χ1n) is 14.0. The Morgan fingerprint density at radius 3 is 2.10 bits per heavy atom. The third-order valence-electron chi connectivity index (χ3n) is 8.42. The molecule has 0 aromatic heterocycles. The molecule has 0 bridgehead atoms. The van der Waals surface area contributed by atoms with Crippen LogP contribution >= 0.6 is 0 Å². The Labute approximate surface area is 233 Å². The van der Waals surface area contributed by atoms with Gasteiger partial charge in [0.2, 0.25) is 0 Å². The van der Waals surface area contributed by atoms with Gasteiger partial charge in [-0.25, -0.2) is 0 Å². The maximum Gasteiger partial charge on any atom is 0.0629 e. The van der Waals surface area contributed by atoms with Crippen molar-refractivity contribution in [1.29, 1.82) is 0 Å². The monoisotopic (exact) mass is 505 g/mol. The second-order valence-electron chi connectivity index (χ2n) is 11.0. The quantitative estimate of drug-likeness (QED) is 0.222. The van der Waals surface area contributed by atoms with Gasteiger partial charge in [0.1, 0.15) is 0 Å². The van der Waals surface area contributed by atoms with E-state index in [2.05, 4.69) is 135 Å². The predicted octanol–water partition coefficient (Wildman–Crippen LogP) is 10.3. The zero-order chi connectivity index (χ0) is 26.9. The summed E-state index contributed by atoms with van der Waals surface area (Å²) < 4.78 is 0. The average Bonchev–Trinajstić information content (AvgIpc) is 3.82. The lowest BCUT2D eigenvalue weighted by Crippen LogP contribution is -2.14. The highest BCUT2D eigenvalue weighted by Crippen LogP contribution is 2.49. The maximum absolute atomic E-state index is 4.16. The molecule has 2 aliphatic rings. The summed E-state index contributed by atoms with van der Waals surface area (Å²) in [5.41, 5.74) is 13.6. The number of aliphatic imine (C=N–C) groups is 1. The van der Waals surface area contributed by atoms with Crippen molar-refractivity contribution in [2.45, 2.75) is 38.5 Å². The fraction of sp³-hybridized carbons (Fsp3) is 0.184. The summed E-state index contributed by atoms with van der Waals surface area (Å²) in [6, 6.07) is 33.1. The topological polar surface area (TPSA) is 12.4 Å². The number of nitrogens with zero attached hydrogens (tertiary/aromatic N) is 1. The third-order valence-corrected chi connectivity index (χ3v) is 8.42. The molecule has 0 N–H and O–H groups in total. The first kappa shape index (κ1) is 25.1. The fourth-order valence-electron chi connectivity index (χ4n) is 6.21. The third kappa shape index (κ3) is 4.74. The summed E-state index contributed by atoms with van der Waals surface area (Å²) >= 11 is 0. The van der Waals surface area contributed by atoms with Crippen LogP contribution in [-0.2, 0) is 0 Å². The van der Waals surface area contributed by atoms with Crippen LogP contribution in [-0.4, -0.2) is 6.72 Å². The molecule has 2 atom stereocenters. The number of hydrogen-bond donors (Lipinski definition) is 0. The Morgan fingerprint density at radius 2 is 1.38 bits per heavy atom. The summed E-state index contributed by atoms with van der Waals surface area (Å²) in [6.45, 7) is 12.5. The minimum Gasteiger partial charge on any atom is -0.265 e. The van der Waals surface area contributed by atoms with Crippen LogP contribution < -0.4 is 0 Å². The van der Waals surface area contributed by atoms with E-state index < -0.39 is 0 Å². The summed E-state index contributed by atoms with van der Waals surface area (Å²) in [4.78, 5) is 4.16. The molecular formula is C38H35N. The Morgan fingerprint density at radius 1 is 0.744 bits per heavy atom. The van der Waals surface area contributed by atoms with Crippen molar-refractivity contribution in [1.82, 2.24) is 0 Å². The molecule has 0 amide bonds. The molecule has 0 saturated heterocycles. The van der Waals surface area contributed by atoms with Crippen LogP contribution in [0.5, 0.6) is 0 Å². The SMILES string of the molecule is C=NC(=C)c1ccccc1-c1ccccc1-c1ccccc1C1C=CC=C(c2cc(C)ccc2C2CC2)C1C. The lowest BCUT2D eigenvalue weighted by molar-refractivity contribution is 0.653. The molecule has 192 valence electrons. The van der Waals surface area contributed by atoms with E-state index in [1.165, 1.54) is 57.4 Å². The van der Waals surface area contributed by atoms with Crippen molar-refractivity contribution < 1.29 is 0 Å². The summed E-state index contributed by atoms with van der Waals surface area (Å²) in [7, 11) is 0. The van der Waals surface area contributed by atoms with E-state index >= 15 is 0 Å². The minimum atomic E-state index is 0.280. The van der Waals surface area contributed by atoms with Crippen molar-refractivity contribution in [3.8, 4) is 22.3 Å². The van der Waals surface area contributed by atoms with E-state index in [1.807, 2.05) is 6.07 Å². The molecule has 1 saturated carbocycles. The van der Waals surface area contributed by atoms with Crippen LogP contribution in [0, 0.1) is 12.8 Å². The van der Waals surface area contributed by atoms with Gasteiger partial charge < -0.3 is 0 Å². The molecule has 4 aromatic rings. The fourth-order valence-corrected chi connectivity index (χ4v) is 6.21. The van der Waals surface area contributed by atoms with Crippen molar-refractivity contribution >= 4 is 18.0 Å². The average molecular weight is 506 g/mol. The number of benzene rings is 4. The Balaban J connectivity index is 1.45. The maximum atomic E-state index is 4.16. The molecule has 0 spiro atoms. The summed E-state index contributed by atoms with van der Waals surface area (Å²) in [6.07, 6.45) is 9.64. The van der Waals surface area contributed by atoms with E-state index in [1.54, 1.807) is 0 Å². The highest BCUT2D eigenvalue weighted by molar-refractivity contribution is 5.91. The van der Waals surface area contributed by atoms with Crippen molar-refractivity contribution in [2.24, 2.45) is 10.9 Å². The number of hydrogen-bond acceptors (Lipinski definition) is 1. The molecule has 2 aliphatic carbocycles. The smallest absolute Gasteiger partial charge is 0.0629 e. The van der Waals surface area contributed by atoms with Crippen LogP contribution in [0.4, 0.5) is 0 Å². The van der Waals surface area contributed by atoms with Gasteiger partial charge in [0, 0.05) is 11.5 Å². The zero-order valence-corrected chi connectivity index (χ0v) is 22.9. The molecule has 1 nitrogen and oxygen atoms in total.